The maximum atomic E-state index is 11.0. The quantitative estimate of drug-likeness (QED) is 0.802. The molecule has 112 valence electrons. The average molecular weight is 281 g/mol. The molecule has 0 aromatic carbocycles. The fraction of sp³-hybridized carbons (Fsp3) is 0.846. The molecule has 7 heteroatoms. The minimum absolute atomic E-state index is 0.0550. The summed E-state index contributed by atoms with van der Waals surface area (Å²) in [6, 6.07) is -0.184. The van der Waals surface area contributed by atoms with Gasteiger partial charge in [0.2, 0.25) is 0 Å². The van der Waals surface area contributed by atoms with Crippen LogP contribution >= 0.6 is 0 Å². The largest absolute Gasteiger partial charge is 0.481 e. The number of hydrogen-bond acceptors (Lipinski definition) is 5. The summed E-state index contributed by atoms with van der Waals surface area (Å²) in [5.41, 5.74) is 0. The number of aromatic nitrogens is 4. The van der Waals surface area contributed by atoms with E-state index >= 15 is 0 Å². The van der Waals surface area contributed by atoms with E-state index in [0.29, 0.717) is 0 Å². The number of carboxylic acid groups (broad SMARTS) is 1. The molecule has 1 aliphatic heterocycles. The van der Waals surface area contributed by atoms with E-state index in [-0.39, 0.29) is 18.4 Å². The Morgan fingerprint density at radius 2 is 2.05 bits per heavy atom. The van der Waals surface area contributed by atoms with Gasteiger partial charge in [0.25, 0.3) is 0 Å². The van der Waals surface area contributed by atoms with Gasteiger partial charge in [-0.25, -0.2) is 4.68 Å². The van der Waals surface area contributed by atoms with Crippen LogP contribution in [0.3, 0.4) is 0 Å². The number of nitrogens with zero attached hydrogens (tertiary/aromatic N) is 5. The maximum Gasteiger partial charge on any atom is 0.305 e. The molecule has 1 unspecified atom stereocenters. The van der Waals surface area contributed by atoms with E-state index in [4.69, 9.17) is 5.11 Å². The molecule has 1 aliphatic rings. The highest BCUT2D eigenvalue weighted by Gasteiger charge is 2.24. The van der Waals surface area contributed by atoms with E-state index in [1.54, 1.807) is 4.68 Å². The van der Waals surface area contributed by atoms with Crippen molar-refractivity contribution in [3.05, 3.63) is 5.82 Å². The van der Waals surface area contributed by atoms with Crippen molar-refractivity contribution in [3.63, 3.8) is 0 Å². The molecule has 2 heterocycles. The first-order chi connectivity index (χ1) is 9.58. The molecule has 0 spiro atoms. The van der Waals surface area contributed by atoms with Crippen molar-refractivity contribution >= 4 is 5.97 Å². The molecule has 1 atom stereocenters. The van der Waals surface area contributed by atoms with Gasteiger partial charge in [-0.3, -0.25) is 4.79 Å². The Hall–Kier alpha value is -1.50. The fourth-order valence-electron chi connectivity index (χ4n) is 2.68. The second-order valence-corrected chi connectivity index (χ2v) is 5.75. The molecule has 20 heavy (non-hydrogen) atoms. The van der Waals surface area contributed by atoms with Crippen molar-refractivity contribution in [2.24, 2.45) is 5.92 Å². The number of likely N-dealkylation sites (tertiary alicyclic amines) is 1. The van der Waals surface area contributed by atoms with Gasteiger partial charge < -0.3 is 10.0 Å². The van der Waals surface area contributed by atoms with Crippen LogP contribution in [0.1, 0.15) is 45.0 Å². The first kappa shape index (κ1) is 14.9. The predicted molar refractivity (Wildman–Crippen MR) is 73.3 cm³/mol. The van der Waals surface area contributed by atoms with Crippen molar-refractivity contribution < 1.29 is 9.90 Å². The normalized spacial score (nSPS) is 17.8. The highest BCUT2D eigenvalue weighted by atomic mass is 16.4. The molecule has 0 aliphatic carbocycles. The Kier molecular flexibility index (Phi) is 5.05. The fourth-order valence-corrected chi connectivity index (χ4v) is 2.68. The van der Waals surface area contributed by atoms with Gasteiger partial charge in [0.1, 0.15) is 0 Å². The summed E-state index contributed by atoms with van der Waals surface area (Å²) < 4.78 is 1.70. The molecule has 0 radical (unpaired) electrons. The van der Waals surface area contributed by atoms with Crippen LogP contribution in [-0.4, -0.2) is 55.8 Å². The lowest BCUT2D eigenvalue weighted by Crippen LogP contribution is -2.26. The Balaban J connectivity index is 2.03. The van der Waals surface area contributed by atoms with Crippen LogP contribution in [0.25, 0.3) is 0 Å². The number of carboxylic acids is 1. The summed E-state index contributed by atoms with van der Waals surface area (Å²) in [5.74, 6) is 0.154. The molecule has 7 nitrogen and oxygen atoms in total. The smallest absolute Gasteiger partial charge is 0.305 e. The number of hydrogen-bond donors (Lipinski definition) is 1. The highest BCUT2D eigenvalue weighted by Crippen LogP contribution is 2.22. The lowest BCUT2D eigenvalue weighted by molar-refractivity contribution is -0.138. The van der Waals surface area contributed by atoms with Crippen molar-refractivity contribution in [3.8, 4) is 0 Å². The third-order valence-corrected chi connectivity index (χ3v) is 3.88. The topological polar surface area (TPSA) is 84.1 Å². The molecule has 1 N–H and O–H groups in total. The number of aliphatic carboxylic acids is 1. The van der Waals surface area contributed by atoms with Gasteiger partial charge in [0, 0.05) is 13.0 Å². The summed E-state index contributed by atoms with van der Waals surface area (Å²) in [6.07, 6.45) is 3.35. The summed E-state index contributed by atoms with van der Waals surface area (Å²) in [4.78, 5) is 13.4. The molecule has 2 rings (SSSR count). The first-order valence-corrected chi connectivity index (χ1v) is 7.29. The molecule has 1 saturated heterocycles. The second-order valence-electron chi connectivity index (χ2n) is 5.75. The Morgan fingerprint density at radius 3 is 2.65 bits per heavy atom. The van der Waals surface area contributed by atoms with Gasteiger partial charge >= 0.3 is 5.97 Å². The lowest BCUT2D eigenvalue weighted by Gasteiger charge is -2.21. The van der Waals surface area contributed by atoms with Crippen LogP contribution in [0.4, 0.5) is 0 Å². The van der Waals surface area contributed by atoms with E-state index < -0.39 is 5.97 Å². The van der Waals surface area contributed by atoms with E-state index in [9.17, 15) is 4.79 Å². The van der Waals surface area contributed by atoms with E-state index in [1.165, 1.54) is 12.8 Å². The zero-order valence-corrected chi connectivity index (χ0v) is 12.2. The number of tetrazole rings is 1. The third kappa shape index (κ3) is 3.75. The van der Waals surface area contributed by atoms with Crippen molar-refractivity contribution in [1.82, 2.24) is 25.1 Å². The zero-order chi connectivity index (χ0) is 14.5. The summed E-state index contributed by atoms with van der Waals surface area (Å²) in [5, 5.41) is 20.8. The van der Waals surface area contributed by atoms with Crippen molar-refractivity contribution in [2.75, 3.05) is 19.6 Å². The van der Waals surface area contributed by atoms with E-state index in [2.05, 4.69) is 20.4 Å². The Bertz CT molecular complexity index is 440. The maximum absolute atomic E-state index is 11.0. The van der Waals surface area contributed by atoms with E-state index in [1.807, 2.05) is 13.8 Å². The first-order valence-electron chi connectivity index (χ1n) is 7.29. The standard InChI is InChI=1S/C13H23N5O2/c1-10(2)11(9-13(19)20)18-12(14-15-16-18)5-8-17-6-3-4-7-17/h10-11H,3-9H2,1-2H3,(H,19,20). The van der Waals surface area contributed by atoms with Crippen LogP contribution in [-0.2, 0) is 11.2 Å². The Morgan fingerprint density at radius 1 is 1.35 bits per heavy atom. The number of rotatable bonds is 7. The monoisotopic (exact) mass is 281 g/mol. The molecule has 1 aromatic heterocycles. The van der Waals surface area contributed by atoms with Crippen molar-refractivity contribution in [1.29, 1.82) is 0 Å². The molecule has 0 amide bonds. The van der Waals surface area contributed by atoms with Gasteiger partial charge in [-0.15, -0.1) is 5.10 Å². The molecule has 1 fully saturated rings. The molecule has 1 aromatic rings. The molecular weight excluding hydrogens is 258 g/mol. The van der Waals surface area contributed by atoms with Gasteiger partial charge in [-0.2, -0.15) is 0 Å². The Labute approximate surface area is 119 Å². The predicted octanol–water partition coefficient (Wildman–Crippen LogP) is 0.983. The van der Waals surface area contributed by atoms with Crippen LogP contribution in [0, 0.1) is 5.92 Å². The van der Waals surface area contributed by atoms with Crippen LogP contribution < -0.4 is 0 Å². The second kappa shape index (κ2) is 6.78. The lowest BCUT2D eigenvalue weighted by atomic mass is 10.0. The van der Waals surface area contributed by atoms with Gasteiger partial charge in [0.05, 0.1) is 12.5 Å². The van der Waals surface area contributed by atoms with Crippen LogP contribution in [0.15, 0.2) is 0 Å². The summed E-state index contributed by atoms with van der Waals surface area (Å²) >= 11 is 0. The number of carbonyl (C=O) groups is 1. The van der Waals surface area contributed by atoms with E-state index in [0.717, 1.165) is 31.9 Å². The summed E-state index contributed by atoms with van der Waals surface area (Å²) in [7, 11) is 0. The summed E-state index contributed by atoms with van der Waals surface area (Å²) in [6.45, 7) is 7.23. The SMILES string of the molecule is CC(C)C(CC(=O)O)n1nnnc1CCN1CCCC1. The van der Waals surface area contributed by atoms with Crippen LogP contribution in [0.5, 0.6) is 0 Å². The average Bonchev–Trinajstić information content (AvgIpc) is 3.04. The third-order valence-electron chi connectivity index (χ3n) is 3.88. The molecule has 0 bridgehead atoms. The molecule has 0 saturated carbocycles. The van der Waals surface area contributed by atoms with Crippen molar-refractivity contribution in [2.45, 2.75) is 45.6 Å². The zero-order valence-electron chi connectivity index (χ0n) is 12.2. The minimum atomic E-state index is -0.815. The van der Waals surface area contributed by atoms with Gasteiger partial charge in [-0.05, 0) is 42.3 Å². The highest BCUT2D eigenvalue weighted by molar-refractivity contribution is 5.67. The van der Waals surface area contributed by atoms with Gasteiger partial charge in [0.15, 0.2) is 5.82 Å². The van der Waals surface area contributed by atoms with Crippen LogP contribution in [0.2, 0.25) is 0 Å². The minimum Gasteiger partial charge on any atom is -0.481 e. The van der Waals surface area contributed by atoms with Gasteiger partial charge in [-0.1, -0.05) is 13.8 Å². The molecular formula is C13H23N5O2.